The van der Waals surface area contributed by atoms with Crippen LogP contribution in [0, 0.1) is 5.92 Å². The molecule has 2 N–H and O–H groups in total. The fourth-order valence-electron chi connectivity index (χ4n) is 4.06. The predicted octanol–water partition coefficient (Wildman–Crippen LogP) is 1.05. The number of amides is 4. The molecule has 4 amide bonds. The molecule has 30 heavy (non-hydrogen) atoms. The number of halogens is 1. The van der Waals surface area contributed by atoms with Crippen LogP contribution >= 0.6 is 11.6 Å². The van der Waals surface area contributed by atoms with Gasteiger partial charge < -0.3 is 20.4 Å². The number of carbonyl (C=O) groups is 4. The van der Waals surface area contributed by atoms with E-state index in [0.29, 0.717) is 43.1 Å². The normalized spacial score (nSPS) is 21.3. The van der Waals surface area contributed by atoms with Gasteiger partial charge in [-0.2, -0.15) is 0 Å². The third-order valence-electron chi connectivity index (χ3n) is 5.71. The number of nitrogens with zero attached hydrogens (tertiary/aromatic N) is 2. The molecule has 0 spiro atoms. The molecule has 2 aliphatic rings. The number of likely N-dealkylation sites (N-methyl/N-ethyl adjacent to an activating group) is 1. The maximum Gasteiger partial charge on any atom is 0.253 e. The van der Waals surface area contributed by atoms with Gasteiger partial charge in [0.15, 0.2) is 0 Å². The minimum Gasteiger partial charge on any atom is -0.357 e. The maximum atomic E-state index is 12.7. The lowest BCUT2D eigenvalue weighted by molar-refractivity contribution is -0.139. The summed E-state index contributed by atoms with van der Waals surface area (Å²) in [5.41, 5.74) is 0.532. The number of likely N-dealkylation sites (tertiary alicyclic amines) is 2. The monoisotopic (exact) mass is 434 g/mol. The molecular weight excluding hydrogens is 408 g/mol. The Balaban J connectivity index is 1.52. The largest absolute Gasteiger partial charge is 0.357 e. The Morgan fingerprint density at radius 3 is 2.43 bits per heavy atom. The summed E-state index contributed by atoms with van der Waals surface area (Å²) in [4.78, 5) is 52.9. The lowest BCUT2D eigenvalue weighted by Gasteiger charge is -2.32. The Morgan fingerprint density at radius 2 is 1.73 bits per heavy atom. The van der Waals surface area contributed by atoms with Crippen molar-refractivity contribution in [2.24, 2.45) is 5.92 Å². The van der Waals surface area contributed by atoms with Gasteiger partial charge >= 0.3 is 0 Å². The second-order valence-electron chi connectivity index (χ2n) is 7.67. The van der Waals surface area contributed by atoms with Gasteiger partial charge in [0.25, 0.3) is 5.91 Å². The van der Waals surface area contributed by atoms with E-state index in [1.54, 1.807) is 36.2 Å². The molecule has 3 rings (SSSR count). The molecule has 0 saturated carbocycles. The van der Waals surface area contributed by atoms with E-state index in [-0.39, 0.29) is 36.1 Å². The molecule has 1 aromatic carbocycles. The summed E-state index contributed by atoms with van der Waals surface area (Å²) >= 11 is 5.88. The van der Waals surface area contributed by atoms with Crippen LogP contribution < -0.4 is 10.6 Å². The quantitative estimate of drug-likeness (QED) is 0.723. The van der Waals surface area contributed by atoms with Crippen LogP contribution in [0.3, 0.4) is 0 Å². The van der Waals surface area contributed by atoms with Gasteiger partial charge in [-0.3, -0.25) is 19.2 Å². The lowest BCUT2D eigenvalue weighted by Crippen LogP contribution is -2.50. The molecule has 0 aromatic heterocycles. The van der Waals surface area contributed by atoms with Crippen molar-refractivity contribution in [3.63, 3.8) is 0 Å². The number of hydrogen-bond donors (Lipinski definition) is 2. The van der Waals surface area contributed by atoms with Crippen LogP contribution in [0.15, 0.2) is 24.3 Å². The average molecular weight is 435 g/mol. The van der Waals surface area contributed by atoms with E-state index in [4.69, 9.17) is 11.6 Å². The van der Waals surface area contributed by atoms with Gasteiger partial charge in [0, 0.05) is 37.3 Å². The van der Waals surface area contributed by atoms with Crippen molar-refractivity contribution in [2.45, 2.75) is 31.7 Å². The Hall–Kier alpha value is -2.61. The van der Waals surface area contributed by atoms with Gasteiger partial charge in [-0.25, -0.2) is 0 Å². The van der Waals surface area contributed by atoms with E-state index in [1.807, 2.05) is 0 Å². The van der Waals surface area contributed by atoms with Crippen LogP contribution in [0.4, 0.5) is 0 Å². The summed E-state index contributed by atoms with van der Waals surface area (Å²) in [5.74, 6) is -1.19. The van der Waals surface area contributed by atoms with Crippen LogP contribution in [-0.2, 0) is 14.4 Å². The first kappa shape index (κ1) is 22.1. The number of hydrogen-bond acceptors (Lipinski definition) is 4. The summed E-state index contributed by atoms with van der Waals surface area (Å²) in [5, 5.41) is 5.83. The molecule has 2 fully saturated rings. The molecule has 8 nitrogen and oxygen atoms in total. The molecule has 0 aliphatic carbocycles. The zero-order valence-corrected chi connectivity index (χ0v) is 17.8. The van der Waals surface area contributed by atoms with Crippen molar-refractivity contribution < 1.29 is 19.2 Å². The number of nitrogens with one attached hydrogen (secondary N) is 2. The molecule has 2 atom stereocenters. The molecular formula is C21H27ClN4O4. The van der Waals surface area contributed by atoms with E-state index in [9.17, 15) is 19.2 Å². The lowest BCUT2D eigenvalue weighted by atomic mass is 9.96. The van der Waals surface area contributed by atoms with Gasteiger partial charge in [-0.1, -0.05) is 11.6 Å². The first-order valence-electron chi connectivity index (χ1n) is 10.2. The van der Waals surface area contributed by atoms with Gasteiger partial charge in [0.2, 0.25) is 17.7 Å². The average Bonchev–Trinajstić information content (AvgIpc) is 3.27. The van der Waals surface area contributed by atoms with Gasteiger partial charge in [0.1, 0.15) is 6.04 Å². The van der Waals surface area contributed by atoms with Crippen LogP contribution in [-0.4, -0.2) is 72.7 Å². The van der Waals surface area contributed by atoms with E-state index < -0.39 is 6.04 Å². The molecule has 0 bridgehead atoms. The van der Waals surface area contributed by atoms with Crippen LogP contribution in [0.25, 0.3) is 0 Å². The zero-order chi connectivity index (χ0) is 21.7. The number of benzene rings is 1. The van der Waals surface area contributed by atoms with Crippen LogP contribution in [0.1, 0.15) is 36.0 Å². The third-order valence-corrected chi connectivity index (χ3v) is 5.96. The minimum absolute atomic E-state index is 0.134. The Labute approximate surface area is 180 Å². The number of piperidine rings is 1. The standard InChI is InChI=1S/C21H27ClN4O4/c1-23-20(29)17-5-3-11-26(17)18(27)12-24-19(28)15-4-2-10-25(13-15)21(30)14-6-8-16(22)9-7-14/h6-9,15,17H,2-5,10-13H2,1H3,(H,23,29)(H,24,28). The Morgan fingerprint density at radius 1 is 1.03 bits per heavy atom. The summed E-state index contributed by atoms with van der Waals surface area (Å²) in [6.45, 7) is 1.27. The van der Waals surface area contributed by atoms with E-state index in [2.05, 4.69) is 10.6 Å². The summed E-state index contributed by atoms with van der Waals surface area (Å²) in [7, 11) is 1.55. The highest BCUT2D eigenvalue weighted by atomic mass is 35.5. The molecule has 1 aromatic rings. The first-order valence-corrected chi connectivity index (χ1v) is 10.6. The minimum atomic E-state index is -0.471. The Bertz CT molecular complexity index is 814. The first-order chi connectivity index (χ1) is 14.4. The summed E-state index contributed by atoms with van der Waals surface area (Å²) < 4.78 is 0. The number of carbonyl (C=O) groups excluding carboxylic acids is 4. The van der Waals surface area contributed by atoms with Gasteiger partial charge in [0.05, 0.1) is 12.5 Å². The molecule has 162 valence electrons. The number of rotatable bonds is 5. The fourth-order valence-corrected chi connectivity index (χ4v) is 4.19. The van der Waals surface area contributed by atoms with Crippen molar-refractivity contribution in [3.8, 4) is 0 Å². The molecule has 0 radical (unpaired) electrons. The van der Waals surface area contributed by atoms with Crippen molar-refractivity contribution >= 4 is 35.2 Å². The molecule has 9 heteroatoms. The van der Waals surface area contributed by atoms with Crippen molar-refractivity contribution in [1.82, 2.24) is 20.4 Å². The third kappa shape index (κ3) is 5.11. The van der Waals surface area contributed by atoms with Gasteiger partial charge in [-0.15, -0.1) is 0 Å². The smallest absolute Gasteiger partial charge is 0.253 e. The molecule has 2 unspecified atom stereocenters. The highest BCUT2D eigenvalue weighted by molar-refractivity contribution is 6.30. The van der Waals surface area contributed by atoms with E-state index in [0.717, 1.165) is 12.8 Å². The molecule has 2 saturated heterocycles. The second-order valence-corrected chi connectivity index (χ2v) is 8.11. The van der Waals surface area contributed by atoms with E-state index in [1.165, 1.54) is 4.90 Å². The second kappa shape index (κ2) is 9.93. The topological polar surface area (TPSA) is 98.8 Å². The SMILES string of the molecule is CNC(=O)C1CCCN1C(=O)CNC(=O)C1CCCN(C(=O)c2ccc(Cl)cc2)C1. The highest BCUT2D eigenvalue weighted by Crippen LogP contribution is 2.20. The predicted molar refractivity (Wildman–Crippen MR) is 112 cm³/mol. The summed E-state index contributed by atoms with van der Waals surface area (Å²) in [6, 6.07) is 6.21. The van der Waals surface area contributed by atoms with Crippen molar-refractivity contribution in [3.05, 3.63) is 34.9 Å². The van der Waals surface area contributed by atoms with Crippen LogP contribution in [0.2, 0.25) is 5.02 Å². The summed E-state index contributed by atoms with van der Waals surface area (Å²) in [6.07, 6.45) is 2.77. The fraction of sp³-hybridized carbons (Fsp3) is 0.524. The zero-order valence-electron chi connectivity index (χ0n) is 17.0. The van der Waals surface area contributed by atoms with Crippen molar-refractivity contribution in [1.29, 1.82) is 0 Å². The van der Waals surface area contributed by atoms with E-state index >= 15 is 0 Å². The maximum absolute atomic E-state index is 12.7. The Kier molecular flexibility index (Phi) is 7.31. The highest BCUT2D eigenvalue weighted by Gasteiger charge is 2.34. The van der Waals surface area contributed by atoms with Crippen LogP contribution in [0.5, 0.6) is 0 Å². The van der Waals surface area contributed by atoms with Gasteiger partial charge in [-0.05, 0) is 49.9 Å². The molecule has 2 aliphatic heterocycles. The molecule has 2 heterocycles. The van der Waals surface area contributed by atoms with Crippen molar-refractivity contribution in [2.75, 3.05) is 33.2 Å².